The SMILES string of the molecule is CC(=O)C[C@@H](CC(C)C)C(=O)O.Cn1ccc2c([C@H](N)c3cn(C45CC(C4)C5)nn3)cccc2c1=O. The Morgan fingerprint density at radius 3 is 2.44 bits per heavy atom. The van der Waals surface area contributed by atoms with Gasteiger partial charge in [0.15, 0.2) is 0 Å². The van der Waals surface area contributed by atoms with Crippen LogP contribution < -0.4 is 11.3 Å². The van der Waals surface area contributed by atoms with Gasteiger partial charge in [0.25, 0.3) is 5.56 Å². The second-order valence-corrected chi connectivity index (χ2v) is 10.9. The third-order valence-corrected chi connectivity index (χ3v) is 7.45. The lowest BCUT2D eigenvalue weighted by molar-refractivity contribution is -0.144. The molecule has 3 saturated carbocycles. The number of hydrogen-bond acceptors (Lipinski definition) is 6. The molecular formula is C27H35N5O4. The number of nitrogens with two attached hydrogens (primary N) is 1. The number of ketones is 1. The van der Waals surface area contributed by atoms with Crippen LogP contribution in [-0.2, 0) is 22.2 Å². The van der Waals surface area contributed by atoms with Crippen molar-refractivity contribution in [1.29, 1.82) is 0 Å². The molecule has 2 atom stereocenters. The minimum absolute atomic E-state index is 0.0147. The summed E-state index contributed by atoms with van der Waals surface area (Å²) in [6, 6.07) is 7.24. The summed E-state index contributed by atoms with van der Waals surface area (Å²) in [6.45, 7) is 5.34. The number of Topliss-reactive ketones (excluding diaryl/α,β-unsaturated/α-hetero) is 1. The van der Waals surface area contributed by atoms with Gasteiger partial charge in [0.05, 0.1) is 23.7 Å². The number of carboxylic acid groups (broad SMARTS) is 1. The van der Waals surface area contributed by atoms with E-state index in [1.165, 1.54) is 26.2 Å². The van der Waals surface area contributed by atoms with Gasteiger partial charge < -0.3 is 20.2 Å². The van der Waals surface area contributed by atoms with Gasteiger partial charge in [0.2, 0.25) is 0 Å². The van der Waals surface area contributed by atoms with Gasteiger partial charge in [-0.25, -0.2) is 4.68 Å². The van der Waals surface area contributed by atoms with E-state index in [4.69, 9.17) is 10.8 Å². The van der Waals surface area contributed by atoms with E-state index in [-0.39, 0.29) is 29.3 Å². The van der Waals surface area contributed by atoms with Crippen molar-refractivity contribution in [2.24, 2.45) is 30.5 Å². The molecule has 2 aromatic heterocycles. The Kier molecular flexibility index (Phi) is 7.13. The Morgan fingerprint density at radius 2 is 1.89 bits per heavy atom. The number of aliphatic carboxylic acids is 1. The van der Waals surface area contributed by atoms with E-state index in [1.807, 2.05) is 49.0 Å². The van der Waals surface area contributed by atoms with Gasteiger partial charge in [0, 0.05) is 25.1 Å². The van der Waals surface area contributed by atoms with E-state index in [0.29, 0.717) is 17.7 Å². The van der Waals surface area contributed by atoms with Crippen molar-refractivity contribution < 1.29 is 14.7 Å². The zero-order valence-electron chi connectivity index (χ0n) is 21.3. The topological polar surface area (TPSA) is 133 Å². The van der Waals surface area contributed by atoms with Gasteiger partial charge in [-0.3, -0.25) is 9.59 Å². The van der Waals surface area contributed by atoms with Gasteiger partial charge in [0.1, 0.15) is 11.5 Å². The first-order chi connectivity index (χ1) is 17.0. The molecule has 0 saturated heterocycles. The maximum Gasteiger partial charge on any atom is 0.306 e. The van der Waals surface area contributed by atoms with Gasteiger partial charge >= 0.3 is 5.97 Å². The van der Waals surface area contributed by atoms with Crippen molar-refractivity contribution in [3.8, 4) is 0 Å². The molecule has 3 aliphatic rings. The molecule has 3 fully saturated rings. The molecular weight excluding hydrogens is 458 g/mol. The first-order valence-corrected chi connectivity index (χ1v) is 12.5. The lowest BCUT2D eigenvalue weighted by Gasteiger charge is -2.61. The van der Waals surface area contributed by atoms with Crippen LogP contribution in [0.3, 0.4) is 0 Å². The Hall–Kier alpha value is -3.33. The number of pyridine rings is 1. The third kappa shape index (κ3) is 4.97. The molecule has 192 valence electrons. The first kappa shape index (κ1) is 25.8. The fourth-order valence-electron chi connectivity index (χ4n) is 5.38. The van der Waals surface area contributed by atoms with Crippen LogP contribution in [0, 0.1) is 17.8 Å². The van der Waals surface area contributed by atoms with E-state index in [0.717, 1.165) is 22.6 Å². The van der Waals surface area contributed by atoms with Crippen LogP contribution in [-0.4, -0.2) is 36.4 Å². The average Bonchev–Trinajstić information content (AvgIpc) is 3.22. The quantitative estimate of drug-likeness (QED) is 0.491. The minimum atomic E-state index is -0.862. The zero-order valence-corrected chi connectivity index (χ0v) is 21.3. The number of benzene rings is 1. The molecule has 0 amide bonds. The van der Waals surface area contributed by atoms with Crippen molar-refractivity contribution >= 4 is 22.5 Å². The van der Waals surface area contributed by atoms with E-state index < -0.39 is 11.9 Å². The molecule has 0 aliphatic heterocycles. The minimum Gasteiger partial charge on any atom is -0.481 e. The highest BCUT2D eigenvalue weighted by molar-refractivity contribution is 5.85. The van der Waals surface area contributed by atoms with Gasteiger partial charge in [-0.2, -0.15) is 0 Å². The van der Waals surface area contributed by atoms with Crippen molar-refractivity contribution in [2.45, 2.75) is 64.5 Å². The van der Waals surface area contributed by atoms with E-state index in [1.54, 1.807) is 17.8 Å². The summed E-state index contributed by atoms with van der Waals surface area (Å²) in [5.74, 6) is -0.199. The molecule has 3 N–H and O–H groups in total. The number of nitrogens with zero attached hydrogens (tertiary/aromatic N) is 4. The molecule has 0 radical (unpaired) electrons. The zero-order chi connectivity index (χ0) is 26.2. The maximum absolute atomic E-state index is 12.3. The molecule has 9 nitrogen and oxygen atoms in total. The number of fused-ring (bicyclic) bond motifs is 1. The summed E-state index contributed by atoms with van der Waals surface area (Å²) in [4.78, 5) is 33.6. The average molecular weight is 494 g/mol. The predicted molar refractivity (Wildman–Crippen MR) is 136 cm³/mol. The molecule has 0 spiro atoms. The smallest absolute Gasteiger partial charge is 0.306 e. The Bertz CT molecular complexity index is 1320. The van der Waals surface area contributed by atoms with Crippen LogP contribution in [0.1, 0.15) is 70.2 Å². The number of carbonyl (C=O) groups is 2. The van der Waals surface area contributed by atoms with Crippen LogP contribution >= 0.6 is 0 Å². The molecule has 36 heavy (non-hydrogen) atoms. The lowest BCUT2D eigenvalue weighted by atomic mass is 9.50. The Balaban J connectivity index is 0.000000218. The number of rotatable bonds is 8. The normalized spacial score (nSPS) is 21.7. The van der Waals surface area contributed by atoms with Crippen molar-refractivity contribution in [1.82, 2.24) is 19.6 Å². The van der Waals surface area contributed by atoms with Crippen LogP contribution in [0.15, 0.2) is 41.5 Å². The molecule has 6 rings (SSSR count). The molecule has 1 aromatic carbocycles. The summed E-state index contributed by atoms with van der Waals surface area (Å²) < 4.78 is 3.59. The number of hydrogen-bond donors (Lipinski definition) is 2. The number of aromatic nitrogens is 4. The highest BCUT2D eigenvalue weighted by atomic mass is 16.4. The third-order valence-electron chi connectivity index (χ3n) is 7.45. The van der Waals surface area contributed by atoms with E-state index in [2.05, 4.69) is 10.3 Å². The highest BCUT2D eigenvalue weighted by Crippen LogP contribution is 2.61. The van der Waals surface area contributed by atoms with Gasteiger partial charge in [-0.15, -0.1) is 5.10 Å². The molecule has 3 aliphatic carbocycles. The number of carbonyl (C=O) groups excluding carboxylic acids is 1. The number of carboxylic acids is 1. The first-order valence-electron chi connectivity index (χ1n) is 12.5. The molecule has 3 aromatic rings. The van der Waals surface area contributed by atoms with Crippen LogP contribution in [0.4, 0.5) is 0 Å². The molecule has 2 bridgehead atoms. The second-order valence-electron chi connectivity index (χ2n) is 10.9. The molecule has 2 heterocycles. The monoisotopic (exact) mass is 493 g/mol. The van der Waals surface area contributed by atoms with Crippen LogP contribution in [0.5, 0.6) is 0 Å². The number of aryl methyl sites for hydroxylation is 1. The van der Waals surface area contributed by atoms with Crippen molar-refractivity contribution in [3.05, 3.63) is 58.3 Å². The molecule has 0 unspecified atom stereocenters. The summed E-state index contributed by atoms with van der Waals surface area (Å²) in [7, 11) is 1.75. The largest absolute Gasteiger partial charge is 0.481 e. The van der Waals surface area contributed by atoms with Crippen molar-refractivity contribution in [2.75, 3.05) is 0 Å². The fourth-order valence-corrected chi connectivity index (χ4v) is 5.38. The summed E-state index contributed by atoms with van der Waals surface area (Å²) >= 11 is 0. The van der Waals surface area contributed by atoms with Gasteiger partial charge in [-0.1, -0.05) is 31.2 Å². The Labute approximate surface area is 210 Å². The second kappa shape index (κ2) is 9.97. The summed E-state index contributed by atoms with van der Waals surface area (Å²) in [5.41, 5.74) is 8.34. The van der Waals surface area contributed by atoms with Crippen LogP contribution in [0.25, 0.3) is 10.8 Å². The standard InChI is InChI=1S/C18H19N5O.C9H16O3/c1-22-6-5-12-13(3-2-4-14(12)17(22)24)16(19)15-10-23(21-20-15)18-7-11(8-18)9-18;1-6(2)4-8(9(11)12)5-7(3)10/h2-6,10-11,16H,7-9,19H2,1H3;6,8H,4-5H2,1-3H3,(H,11,12)/t11?,16-,18?;8-/m01/s1. The van der Waals surface area contributed by atoms with Crippen molar-refractivity contribution in [3.63, 3.8) is 0 Å². The van der Waals surface area contributed by atoms with E-state index in [9.17, 15) is 14.4 Å². The summed E-state index contributed by atoms with van der Waals surface area (Å²) in [6.07, 6.45) is 8.15. The maximum atomic E-state index is 12.3. The lowest BCUT2D eigenvalue weighted by Crippen LogP contribution is -2.59. The summed E-state index contributed by atoms with van der Waals surface area (Å²) in [5, 5.41) is 18.9. The predicted octanol–water partition coefficient (Wildman–Crippen LogP) is 3.40. The van der Waals surface area contributed by atoms with Crippen LogP contribution in [0.2, 0.25) is 0 Å². The highest BCUT2D eigenvalue weighted by Gasteiger charge is 2.58. The fraction of sp³-hybridized carbons (Fsp3) is 0.519. The Morgan fingerprint density at radius 1 is 1.19 bits per heavy atom. The van der Waals surface area contributed by atoms with Gasteiger partial charge in [-0.05, 0) is 67.5 Å². The molecule has 9 heteroatoms. The van der Waals surface area contributed by atoms with E-state index >= 15 is 0 Å².